The molecular formula is C27H18ClF3N4O3S. The Balaban J connectivity index is 1.48. The normalized spacial score (nSPS) is 11.6. The predicted molar refractivity (Wildman–Crippen MR) is 143 cm³/mol. The van der Waals surface area contributed by atoms with Crippen molar-refractivity contribution in [2.45, 2.75) is 19.6 Å². The first-order valence-corrected chi connectivity index (χ1v) is 12.7. The second-order valence-corrected chi connectivity index (χ2v) is 9.79. The average molecular weight is 571 g/mol. The number of hydrogen-bond donors (Lipinski definition) is 0. The van der Waals surface area contributed by atoms with Gasteiger partial charge in [-0.25, -0.2) is 4.98 Å². The van der Waals surface area contributed by atoms with Crippen molar-refractivity contribution in [3.8, 4) is 28.7 Å². The first-order chi connectivity index (χ1) is 18.6. The van der Waals surface area contributed by atoms with Crippen LogP contribution in [0.25, 0.3) is 32.2 Å². The number of halogens is 4. The molecule has 0 aliphatic carbocycles. The first kappa shape index (κ1) is 26.5. The van der Waals surface area contributed by atoms with E-state index < -0.39 is 17.3 Å². The number of fused-ring (bicyclic) bond motifs is 2. The van der Waals surface area contributed by atoms with E-state index in [1.165, 1.54) is 22.8 Å². The molecule has 5 aromatic rings. The standard InChI is InChI=1S/C27H18ClF3N4O3S/c1-14-34-20-10-16(27(29,30)31)9-15(12-32)23(20)26(36)35(14)7-8-38-21-4-3-17(28)11-19(21)18-5-6-33-24-22(37-2)13-39-25(18)24/h3-6,9-11,13H,7-8H2,1-2H3. The average Bonchev–Trinajstić information content (AvgIpc) is 3.33. The zero-order chi connectivity index (χ0) is 27.9. The van der Waals surface area contributed by atoms with Crippen LogP contribution in [0, 0.1) is 18.3 Å². The van der Waals surface area contributed by atoms with Crippen molar-refractivity contribution >= 4 is 44.1 Å². The van der Waals surface area contributed by atoms with Crippen LogP contribution in [0.2, 0.25) is 5.02 Å². The molecule has 5 rings (SSSR count). The number of hydrogen-bond acceptors (Lipinski definition) is 7. The molecule has 198 valence electrons. The molecule has 0 saturated heterocycles. The van der Waals surface area contributed by atoms with Gasteiger partial charge in [-0.05, 0) is 43.3 Å². The van der Waals surface area contributed by atoms with Gasteiger partial charge < -0.3 is 9.47 Å². The Hall–Kier alpha value is -4.14. The van der Waals surface area contributed by atoms with Crippen molar-refractivity contribution in [1.82, 2.24) is 14.5 Å². The van der Waals surface area contributed by atoms with Crippen molar-refractivity contribution in [2.75, 3.05) is 13.7 Å². The fraction of sp³-hybridized carbons (Fsp3) is 0.185. The Labute approximate surface area is 228 Å². The van der Waals surface area contributed by atoms with E-state index in [9.17, 15) is 23.2 Å². The van der Waals surface area contributed by atoms with Gasteiger partial charge in [0.05, 0.1) is 40.4 Å². The lowest BCUT2D eigenvalue weighted by atomic mass is 10.1. The summed E-state index contributed by atoms with van der Waals surface area (Å²) in [5.41, 5.74) is 0.0238. The monoisotopic (exact) mass is 570 g/mol. The highest BCUT2D eigenvalue weighted by Gasteiger charge is 2.32. The maximum Gasteiger partial charge on any atom is 0.416 e. The van der Waals surface area contributed by atoms with E-state index in [4.69, 9.17) is 21.1 Å². The summed E-state index contributed by atoms with van der Waals surface area (Å²) in [6, 6.07) is 10.1. The number of rotatable bonds is 6. The highest BCUT2D eigenvalue weighted by molar-refractivity contribution is 7.18. The third kappa shape index (κ3) is 4.89. The van der Waals surface area contributed by atoms with Crippen molar-refractivity contribution in [2.24, 2.45) is 0 Å². The van der Waals surface area contributed by atoms with Gasteiger partial charge in [-0.3, -0.25) is 14.3 Å². The Morgan fingerprint density at radius 1 is 1.15 bits per heavy atom. The maximum absolute atomic E-state index is 13.3. The lowest BCUT2D eigenvalue weighted by Crippen LogP contribution is -2.27. The second kappa shape index (κ2) is 10.2. The number of ether oxygens (including phenoxy) is 2. The van der Waals surface area contributed by atoms with Gasteiger partial charge in [0.1, 0.15) is 29.8 Å². The van der Waals surface area contributed by atoms with E-state index in [0.717, 1.165) is 16.3 Å². The van der Waals surface area contributed by atoms with Gasteiger partial charge in [-0.15, -0.1) is 11.3 Å². The Kier molecular flexibility index (Phi) is 6.92. The molecule has 0 spiro atoms. The van der Waals surface area contributed by atoms with Crippen LogP contribution in [0.4, 0.5) is 13.2 Å². The maximum atomic E-state index is 13.3. The smallest absolute Gasteiger partial charge is 0.416 e. The Morgan fingerprint density at radius 2 is 1.95 bits per heavy atom. The molecule has 0 aliphatic heterocycles. The molecule has 3 heterocycles. The SMILES string of the molecule is COc1csc2c(-c3cc(Cl)ccc3OCCn3c(C)nc4cc(C(F)(F)F)cc(C#N)c4c3=O)ccnc12. The number of aryl methyl sites for hydroxylation is 1. The molecule has 39 heavy (non-hydrogen) atoms. The minimum Gasteiger partial charge on any atom is -0.494 e. The highest BCUT2D eigenvalue weighted by Crippen LogP contribution is 2.41. The van der Waals surface area contributed by atoms with Crippen LogP contribution in [0.5, 0.6) is 11.5 Å². The lowest BCUT2D eigenvalue weighted by molar-refractivity contribution is -0.137. The van der Waals surface area contributed by atoms with Gasteiger partial charge in [0, 0.05) is 27.7 Å². The van der Waals surface area contributed by atoms with Crippen molar-refractivity contribution in [3.63, 3.8) is 0 Å². The number of nitrogens with zero attached hydrogens (tertiary/aromatic N) is 4. The lowest BCUT2D eigenvalue weighted by Gasteiger charge is -2.16. The molecule has 2 aromatic carbocycles. The van der Waals surface area contributed by atoms with Crippen LogP contribution in [-0.2, 0) is 12.7 Å². The van der Waals surface area contributed by atoms with Crippen LogP contribution >= 0.6 is 22.9 Å². The van der Waals surface area contributed by atoms with Gasteiger partial charge in [-0.2, -0.15) is 18.4 Å². The number of alkyl halides is 3. The Morgan fingerprint density at radius 3 is 2.67 bits per heavy atom. The summed E-state index contributed by atoms with van der Waals surface area (Å²) in [6.45, 7) is 1.59. The second-order valence-electron chi connectivity index (χ2n) is 8.47. The zero-order valence-corrected chi connectivity index (χ0v) is 22.0. The minimum absolute atomic E-state index is 0.0348. The molecule has 0 aliphatic rings. The molecule has 0 atom stereocenters. The summed E-state index contributed by atoms with van der Waals surface area (Å²) in [7, 11) is 1.57. The number of aromatic nitrogens is 3. The zero-order valence-electron chi connectivity index (χ0n) is 20.5. The van der Waals surface area contributed by atoms with Gasteiger partial charge in [0.25, 0.3) is 5.56 Å². The molecule has 0 N–H and O–H groups in total. The molecule has 0 radical (unpaired) electrons. The quantitative estimate of drug-likeness (QED) is 0.228. The molecule has 0 bridgehead atoms. The van der Waals surface area contributed by atoms with Crippen LogP contribution in [-0.4, -0.2) is 28.3 Å². The van der Waals surface area contributed by atoms with Gasteiger partial charge in [-0.1, -0.05) is 11.6 Å². The molecule has 0 unspecified atom stereocenters. The van der Waals surface area contributed by atoms with Gasteiger partial charge in [0.2, 0.25) is 0 Å². The van der Waals surface area contributed by atoms with E-state index in [1.807, 2.05) is 11.4 Å². The van der Waals surface area contributed by atoms with E-state index in [2.05, 4.69) is 9.97 Å². The van der Waals surface area contributed by atoms with Crippen molar-refractivity contribution in [1.29, 1.82) is 5.26 Å². The molecule has 0 fully saturated rings. The summed E-state index contributed by atoms with van der Waals surface area (Å²) in [5, 5.41) is 11.6. The molecule has 3 aromatic heterocycles. The summed E-state index contributed by atoms with van der Waals surface area (Å²) in [5.74, 6) is 1.35. The van der Waals surface area contributed by atoms with Crippen molar-refractivity contribution < 1.29 is 22.6 Å². The van der Waals surface area contributed by atoms with Crippen LogP contribution < -0.4 is 15.0 Å². The number of thiophene rings is 1. The number of benzene rings is 2. The molecule has 7 nitrogen and oxygen atoms in total. The molecule has 0 saturated carbocycles. The summed E-state index contributed by atoms with van der Waals surface area (Å²) < 4.78 is 53.4. The number of methoxy groups -OCH3 is 1. The van der Waals surface area contributed by atoms with Gasteiger partial charge >= 0.3 is 6.18 Å². The third-order valence-corrected chi connectivity index (χ3v) is 7.36. The fourth-order valence-corrected chi connectivity index (χ4v) is 5.50. The Bertz CT molecular complexity index is 1840. The van der Waals surface area contributed by atoms with E-state index in [0.29, 0.717) is 33.7 Å². The van der Waals surface area contributed by atoms with E-state index in [1.54, 1.807) is 37.6 Å². The predicted octanol–water partition coefficient (Wildman–Crippen LogP) is 6.61. The largest absolute Gasteiger partial charge is 0.494 e. The van der Waals surface area contributed by atoms with Gasteiger partial charge in [0.15, 0.2) is 5.75 Å². The van der Waals surface area contributed by atoms with E-state index >= 15 is 0 Å². The van der Waals surface area contributed by atoms with Crippen LogP contribution in [0.3, 0.4) is 0 Å². The number of nitriles is 1. The third-order valence-electron chi connectivity index (χ3n) is 6.14. The van der Waals surface area contributed by atoms with Crippen LogP contribution in [0.1, 0.15) is 17.0 Å². The molecule has 12 heteroatoms. The topological polar surface area (TPSA) is 90.0 Å². The van der Waals surface area contributed by atoms with Crippen molar-refractivity contribution in [3.05, 3.63) is 80.3 Å². The summed E-state index contributed by atoms with van der Waals surface area (Å²) >= 11 is 7.77. The van der Waals surface area contributed by atoms with Crippen LogP contribution in [0.15, 0.2) is 52.8 Å². The fourth-order valence-electron chi connectivity index (χ4n) is 4.33. The minimum atomic E-state index is -4.68. The summed E-state index contributed by atoms with van der Waals surface area (Å²) in [4.78, 5) is 21.8. The number of pyridine rings is 1. The first-order valence-electron chi connectivity index (χ1n) is 11.5. The van der Waals surface area contributed by atoms with E-state index in [-0.39, 0.29) is 35.4 Å². The highest BCUT2D eigenvalue weighted by atomic mass is 35.5. The molecule has 0 amide bonds. The molecular weight excluding hydrogens is 553 g/mol. The summed E-state index contributed by atoms with van der Waals surface area (Å²) in [6.07, 6.45) is -3.01.